The van der Waals surface area contributed by atoms with E-state index in [4.69, 9.17) is 11.1 Å². The number of nitrogens with zero attached hydrogens (tertiary/aromatic N) is 1. The standard InChI is InChI=1S/C14H21N3/c1-10-5-7-17(8-6-10)13-4-3-11(2)9-12(13)14(15)16/h3-4,9-10H,5-8H2,1-2H3,(H3,15,16). The minimum Gasteiger partial charge on any atom is -0.384 e. The van der Waals surface area contributed by atoms with E-state index < -0.39 is 0 Å². The Balaban J connectivity index is 2.28. The highest BCUT2D eigenvalue weighted by molar-refractivity contribution is 6.00. The SMILES string of the molecule is Cc1ccc(N2CCC(C)CC2)c(C(=N)N)c1. The Morgan fingerprint density at radius 1 is 1.35 bits per heavy atom. The minimum atomic E-state index is 0.169. The third-order valence-corrected chi connectivity index (χ3v) is 3.57. The number of amidine groups is 1. The Hall–Kier alpha value is -1.51. The molecule has 1 aromatic rings. The van der Waals surface area contributed by atoms with Gasteiger partial charge in [-0.05, 0) is 37.8 Å². The number of benzene rings is 1. The van der Waals surface area contributed by atoms with Crippen LogP contribution in [-0.4, -0.2) is 18.9 Å². The molecule has 92 valence electrons. The van der Waals surface area contributed by atoms with Crippen LogP contribution in [0.2, 0.25) is 0 Å². The van der Waals surface area contributed by atoms with Crippen molar-refractivity contribution in [2.24, 2.45) is 11.7 Å². The van der Waals surface area contributed by atoms with Crippen molar-refractivity contribution in [1.82, 2.24) is 0 Å². The second-order valence-electron chi connectivity index (χ2n) is 5.10. The van der Waals surface area contributed by atoms with Gasteiger partial charge >= 0.3 is 0 Å². The summed E-state index contributed by atoms with van der Waals surface area (Å²) in [4.78, 5) is 2.36. The van der Waals surface area contributed by atoms with Crippen LogP contribution in [0.15, 0.2) is 18.2 Å². The topological polar surface area (TPSA) is 53.1 Å². The fourth-order valence-electron chi connectivity index (χ4n) is 2.39. The highest BCUT2D eigenvalue weighted by Crippen LogP contribution is 2.26. The number of nitrogens with one attached hydrogen (secondary N) is 1. The summed E-state index contributed by atoms with van der Waals surface area (Å²) in [6.07, 6.45) is 2.45. The summed E-state index contributed by atoms with van der Waals surface area (Å²) in [7, 11) is 0. The van der Waals surface area contributed by atoms with Gasteiger partial charge in [0.05, 0.1) is 0 Å². The largest absolute Gasteiger partial charge is 0.384 e. The predicted molar refractivity (Wildman–Crippen MR) is 72.8 cm³/mol. The molecule has 0 bridgehead atoms. The van der Waals surface area contributed by atoms with E-state index in [0.717, 1.165) is 35.8 Å². The van der Waals surface area contributed by atoms with Crippen LogP contribution in [0.3, 0.4) is 0 Å². The molecule has 1 aliphatic rings. The number of nitrogens with two attached hydrogens (primary N) is 1. The van der Waals surface area contributed by atoms with Crippen molar-refractivity contribution in [3.8, 4) is 0 Å². The van der Waals surface area contributed by atoms with Crippen molar-refractivity contribution in [3.05, 3.63) is 29.3 Å². The van der Waals surface area contributed by atoms with Crippen LogP contribution in [0.1, 0.15) is 30.9 Å². The third kappa shape index (κ3) is 2.60. The molecule has 0 atom stereocenters. The van der Waals surface area contributed by atoms with E-state index in [1.54, 1.807) is 0 Å². The molecule has 1 saturated heterocycles. The van der Waals surface area contributed by atoms with E-state index in [1.807, 2.05) is 13.0 Å². The van der Waals surface area contributed by atoms with Crippen LogP contribution in [0.25, 0.3) is 0 Å². The molecule has 1 heterocycles. The molecule has 3 nitrogen and oxygen atoms in total. The van der Waals surface area contributed by atoms with Crippen LogP contribution in [0.4, 0.5) is 5.69 Å². The number of hydrogen-bond acceptors (Lipinski definition) is 2. The van der Waals surface area contributed by atoms with Crippen LogP contribution in [-0.2, 0) is 0 Å². The zero-order chi connectivity index (χ0) is 12.4. The van der Waals surface area contributed by atoms with Crippen LogP contribution in [0.5, 0.6) is 0 Å². The Labute approximate surface area is 103 Å². The molecule has 2 rings (SSSR count). The average Bonchev–Trinajstić information content (AvgIpc) is 2.30. The molecular formula is C14H21N3. The first kappa shape index (κ1) is 12.0. The molecular weight excluding hydrogens is 210 g/mol. The van der Waals surface area contributed by atoms with E-state index in [9.17, 15) is 0 Å². The van der Waals surface area contributed by atoms with Crippen LogP contribution >= 0.6 is 0 Å². The van der Waals surface area contributed by atoms with Gasteiger partial charge in [0.2, 0.25) is 0 Å². The van der Waals surface area contributed by atoms with E-state index >= 15 is 0 Å². The van der Waals surface area contributed by atoms with E-state index in [0.29, 0.717) is 0 Å². The molecule has 0 radical (unpaired) electrons. The number of nitrogen functional groups attached to an aromatic ring is 1. The second kappa shape index (κ2) is 4.78. The smallest absolute Gasteiger partial charge is 0.124 e. The summed E-state index contributed by atoms with van der Waals surface area (Å²) in [5.41, 5.74) is 8.83. The number of rotatable bonds is 2. The van der Waals surface area contributed by atoms with Gasteiger partial charge in [-0.15, -0.1) is 0 Å². The lowest BCUT2D eigenvalue weighted by Gasteiger charge is -2.33. The summed E-state index contributed by atoms with van der Waals surface area (Å²) < 4.78 is 0. The Kier molecular flexibility index (Phi) is 3.36. The van der Waals surface area contributed by atoms with Crippen molar-refractivity contribution in [2.75, 3.05) is 18.0 Å². The molecule has 0 spiro atoms. The highest BCUT2D eigenvalue weighted by Gasteiger charge is 2.19. The Morgan fingerprint density at radius 3 is 2.59 bits per heavy atom. The third-order valence-electron chi connectivity index (χ3n) is 3.57. The monoisotopic (exact) mass is 231 g/mol. The number of piperidine rings is 1. The predicted octanol–water partition coefficient (Wildman–Crippen LogP) is 2.52. The first-order chi connectivity index (χ1) is 8.08. The fourth-order valence-corrected chi connectivity index (χ4v) is 2.39. The van der Waals surface area contributed by atoms with Crippen molar-refractivity contribution < 1.29 is 0 Å². The molecule has 0 unspecified atom stereocenters. The van der Waals surface area contributed by atoms with E-state index in [1.165, 1.54) is 12.8 Å². The lowest BCUT2D eigenvalue weighted by atomic mass is 9.97. The van der Waals surface area contributed by atoms with Gasteiger partial charge < -0.3 is 10.6 Å². The summed E-state index contributed by atoms with van der Waals surface area (Å²) >= 11 is 0. The first-order valence-electron chi connectivity index (χ1n) is 6.28. The van der Waals surface area contributed by atoms with Gasteiger partial charge in [-0.3, -0.25) is 5.41 Å². The zero-order valence-corrected chi connectivity index (χ0v) is 10.7. The zero-order valence-electron chi connectivity index (χ0n) is 10.7. The van der Waals surface area contributed by atoms with Gasteiger partial charge in [0.15, 0.2) is 0 Å². The average molecular weight is 231 g/mol. The Morgan fingerprint density at radius 2 is 2.00 bits per heavy atom. The molecule has 1 aromatic carbocycles. The maximum atomic E-state index is 7.68. The van der Waals surface area contributed by atoms with Crippen LogP contribution < -0.4 is 10.6 Å². The Bertz CT molecular complexity index is 417. The van der Waals surface area contributed by atoms with Gasteiger partial charge in [-0.2, -0.15) is 0 Å². The lowest BCUT2D eigenvalue weighted by Crippen LogP contribution is -2.34. The maximum Gasteiger partial charge on any atom is 0.124 e. The van der Waals surface area contributed by atoms with E-state index in [2.05, 4.69) is 24.0 Å². The molecule has 1 aliphatic heterocycles. The van der Waals surface area contributed by atoms with Gasteiger partial charge in [0, 0.05) is 24.3 Å². The van der Waals surface area contributed by atoms with Crippen molar-refractivity contribution >= 4 is 11.5 Å². The number of hydrogen-bond donors (Lipinski definition) is 2. The van der Waals surface area contributed by atoms with Gasteiger partial charge in [-0.1, -0.05) is 18.6 Å². The maximum absolute atomic E-state index is 7.68. The molecule has 0 amide bonds. The van der Waals surface area contributed by atoms with Crippen molar-refractivity contribution in [3.63, 3.8) is 0 Å². The molecule has 0 aromatic heterocycles. The minimum absolute atomic E-state index is 0.169. The molecule has 0 saturated carbocycles. The summed E-state index contributed by atoms with van der Waals surface area (Å²) in [6.45, 7) is 6.49. The lowest BCUT2D eigenvalue weighted by molar-refractivity contribution is 0.438. The quantitative estimate of drug-likeness (QED) is 0.607. The first-order valence-corrected chi connectivity index (χ1v) is 6.28. The van der Waals surface area contributed by atoms with Crippen LogP contribution in [0, 0.1) is 18.3 Å². The summed E-state index contributed by atoms with van der Waals surface area (Å²) in [5, 5.41) is 7.68. The molecule has 3 N–H and O–H groups in total. The number of aryl methyl sites for hydroxylation is 1. The molecule has 17 heavy (non-hydrogen) atoms. The van der Waals surface area contributed by atoms with Gasteiger partial charge in [0.1, 0.15) is 5.84 Å². The summed E-state index contributed by atoms with van der Waals surface area (Å²) in [5.74, 6) is 0.986. The highest BCUT2D eigenvalue weighted by atomic mass is 15.1. The van der Waals surface area contributed by atoms with Gasteiger partial charge in [-0.25, -0.2) is 0 Å². The number of anilines is 1. The molecule has 1 fully saturated rings. The molecule has 0 aliphatic carbocycles. The van der Waals surface area contributed by atoms with E-state index in [-0.39, 0.29) is 5.84 Å². The summed E-state index contributed by atoms with van der Waals surface area (Å²) in [6, 6.07) is 6.21. The normalized spacial score (nSPS) is 17.2. The fraction of sp³-hybridized carbons (Fsp3) is 0.500. The molecule has 3 heteroatoms. The van der Waals surface area contributed by atoms with Crippen molar-refractivity contribution in [2.45, 2.75) is 26.7 Å². The second-order valence-corrected chi connectivity index (χ2v) is 5.10. The van der Waals surface area contributed by atoms with Gasteiger partial charge in [0.25, 0.3) is 0 Å². The van der Waals surface area contributed by atoms with Crippen molar-refractivity contribution in [1.29, 1.82) is 5.41 Å².